The Kier molecular flexibility index (Phi) is 7.46. The maximum absolute atomic E-state index is 12.7. The summed E-state index contributed by atoms with van der Waals surface area (Å²) < 4.78 is 37.3. The van der Waals surface area contributed by atoms with Gasteiger partial charge in [0.15, 0.2) is 0 Å². The summed E-state index contributed by atoms with van der Waals surface area (Å²) in [7, 11) is -2.17. The molecule has 8 heteroatoms. The lowest BCUT2D eigenvalue weighted by Crippen LogP contribution is -2.30. The number of nitrogens with zero attached hydrogens (tertiary/aromatic N) is 1. The molecule has 0 saturated carbocycles. The first-order chi connectivity index (χ1) is 13.2. The highest BCUT2D eigenvalue weighted by atomic mass is 35.5. The van der Waals surface area contributed by atoms with Gasteiger partial charge in [0.1, 0.15) is 12.4 Å². The lowest BCUT2D eigenvalue weighted by atomic mass is 10.1. The van der Waals surface area contributed by atoms with Crippen LogP contribution in [0.2, 0.25) is 5.02 Å². The third kappa shape index (κ3) is 4.84. The number of carbonyl (C=O) groups excluding carboxylic acids is 1. The number of benzene rings is 2. The highest BCUT2D eigenvalue weighted by molar-refractivity contribution is 7.89. The van der Waals surface area contributed by atoms with Crippen molar-refractivity contribution in [3.63, 3.8) is 0 Å². The zero-order valence-electron chi connectivity index (χ0n) is 16.4. The van der Waals surface area contributed by atoms with E-state index in [2.05, 4.69) is 0 Å². The van der Waals surface area contributed by atoms with Gasteiger partial charge < -0.3 is 9.47 Å². The van der Waals surface area contributed by atoms with Crippen LogP contribution in [0.25, 0.3) is 0 Å². The lowest BCUT2D eigenvalue weighted by Gasteiger charge is -2.19. The molecule has 152 valence electrons. The van der Waals surface area contributed by atoms with Crippen LogP contribution in [0.1, 0.15) is 35.3 Å². The van der Waals surface area contributed by atoms with Crippen molar-refractivity contribution in [2.45, 2.75) is 32.3 Å². The van der Waals surface area contributed by atoms with Gasteiger partial charge in [-0.25, -0.2) is 13.2 Å². The van der Waals surface area contributed by atoms with Crippen LogP contribution in [0.5, 0.6) is 5.75 Å². The Balaban J connectivity index is 2.28. The minimum absolute atomic E-state index is 0.000635. The van der Waals surface area contributed by atoms with Gasteiger partial charge in [0.25, 0.3) is 0 Å². The second-order valence-corrected chi connectivity index (χ2v) is 8.47. The van der Waals surface area contributed by atoms with Gasteiger partial charge in [-0.1, -0.05) is 37.1 Å². The Morgan fingerprint density at radius 3 is 2.39 bits per heavy atom. The third-order valence-corrected chi connectivity index (χ3v) is 6.67. The fourth-order valence-electron chi connectivity index (χ4n) is 2.78. The minimum Gasteiger partial charge on any atom is -0.496 e. The van der Waals surface area contributed by atoms with Crippen molar-refractivity contribution in [1.82, 2.24) is 4.31 Å². The average molecular weight is 426 g/mol. The fourth-order valence-corrected chi connectivity index (χ4v) is 4.45. The molecule has 2 aromatic carbocycles. The van der Waals surface area contributed by atoms with Gasteiger partial charge in [-0.3, -0.25) is 0 Å². The first-order valence-corrected chi connectivity index (χ1v) is 10.7. The molecule has 0 aliphatic heterocycles. The summed E-state index contributed by atoms with van der Waals surface area (Å²) in [6.07, 6.45) is 0. The largest absolute Gasteiger partial charge is 0.496 e. The predicted octanol–water partition coefficient (Wildman–Crippen LogP) is 4.04. The Hall–Kier alpha value is -2.09. The molecule has 0 spiro atoms. The fraction of sp³-hybridized carbons (Fsp3) is 0.350. The van der Waals surface area contributed by atoms with Gasteiger partial charge in [-0.05, 0) is 37.3 Å². The number of ether oxygens (including phenoxy) is 2. The van der Waals surface area contributed by atoms with E-state index in [0.29, 0.717) is 24.4 Å². The number of carbonyl (C=O) groups is 1. The molecule has 0 amide bonds. The van der Waals surface area contributed by atoms with Crippen molar-refractivity contribution in [1.29, 1.82) is 0 Å². The molecule has 0 aliphatic rings. The summed E-state index contributed by atoms with van der Waals surface area (Å²) in [4.78, 5) is 12.6. The molecule has 0 aromatic heterocycles. The van der Waals surface area contributed by atoms with E-state index in [-0.39, 0.29) is 22.1 Å². The van der Waals surface area contributed by atoms with Crippen LogP contribution in [-0.2, 0) is 21.4 Å². The molecular formula is C20H24ClNO5S. The van der Waals surface area contributed by atoms with Gasteiger partial charge >= 0.3 is 5.97 Å². The van der Waals surface area contributed by atoms with Crippen molar-refractivity contribution in [2.24, 2.45) is 0 Å². The standard InChI is InChI=1S/C20H24ClNO5S/c1-5-22(6-2)28(24,25)16-8-9-18(21)17(12-16)20(23)27-13-15-11-14(3)7-10-19(15)26-4/h7-12H,5-6,13H2,1-4H3. The summed E-state index contributed by atoms with van der Waals surface area (Å²) in [6, 6.07) is 9.57. The SMILES string of the molecule is CCN(CC)S(=O)(=O)c1ccc(Cl)c(C(=O)OCc2cc(C)ccc2OC)c1. The van der Waals surface area contributed by atoms with E-state index in [4.69, 9.17) is 21.1 Å². The van der Waals surface area contributed by atoms with Crippen molar-refractivity contribution >= 4 is 27.6 Å². The number of esters is 1. The summed E-state index contributed by atoms with van der Waals surface area (Å²) >= 11 is 6.12. The normalized spacial score (nSPS) is 11.5. The van der Waals surface area contributed by atoms with E-state index >= 15 is 0 Å². The molecule has 2 aromatic rings. The summed E-state index contributed by atoms with van der Waals surface area (Å²) in [5.41, 5.74) is 1.71. The highest BCUT2D eigenvalue weighted by Crippen LogP contribution is 2.25. The van der Waals surface area contributed by atoms with Gasteiger partial charge in [-0.15, -0.1) is 0 Å². The number of halogens is 1. The number of methoxy groups -OCH3 is 1. The van der Waals surface area contributed by atoms with Crippen LogP contribution in [0.3, 0.4) is 0 Å². The first-order valence-electron chi connectivity index (χ1n) is 8.84. The van der Waals surface area contributed by atoms with Crippen LogP contribution in [0.4, 0.5) is 0 Å². The van der Waals surface area contributed by atoms with Crippen LogP contribution in [-0.4, -0.2) is 38.9 Å². The zero-order valence-corrected chi connectivity index (χ0v) is 17.9. The Labute approximate surface area is 171 Å². The van der Waals surface area contributed by atoms with Gasteiger partial charge in [0.05, 0.1) is 22.6 Å². The van der Waals surface area contributed by atoms with Crippen molar-refractivity contribution in [2.75, 3.05) is 20.2 Å². The quantitative estimate of drug-likeness (QED) is 0.596. The van der Waals surface area contributed by atoms with Crippen LogP contribution < -0.4 is 4.74 Å². The van der Waals surface area contributed by atoms with Crippen LogP contribution in [0, 0.1) is 6.92 Å². The average Bonchev–Trinajstić information content (AvgIpc) is 2.67. The van der Waals surface area contributed by atoms with Crippen molar-refractivity contribution < 1.29 is 22.7 Å². The molecule has 2 rings (SSSR count). The summed E-state index contributed by atoms with van der Waals surface area (Å²) in [6.45, 7) is 6.06. The molecule has 0 saturated heterocycles. The monoisotopic (exact) mass is 425 g/mol. The molecule has 0 heterocycles. The van der Waals surface area contributed by atoms with Gasteiger partial charge in [0.2, 0.25) is 10.0 Å². The van der Waals surface area contributed by atoms with E-state index in [1.165, 1.54) is 29.6 Å². The first kappa shape index (κ1) is 22.2. The van der Waals surface area contributed by atoms with Gasteiger partial charge in [-0.2, -0.15) is 4.31 Å². The van der Waals surface area contributed by atoms with Crippen LogP contribution >= 0.6 is 11.6 Å². The lowest BCUT2D eigenvalue weighted by molar-refractivity contribution is 0.0470. The third-order valence-electron chi connectivity index (χ3n) is 4.30. The smallest absolute Gasteiger partial charge is 0.340 e. The molecule has 0 radical (unpaired) electrons. The van der Waals surface area contributed by atoms with Crippen LogP contribution in [0.15, 0.2) is 41.3 Å². The maximum atomic E-state index is 12.7. The number of hydrogen-bond acceptors (Lipinski definition) is 5. The summed E-state index contributed by atoms with van der Waals surface area (Å²) in [5.74, 6) is -0.104. The number of aryl methyl sites for hydroxylation is 1. The minimum atomic E-state index is -3.71. The predicted molar refractivity (Wildman–Crippen MR) is 108 cm³/mol. The van der Waals surface area contributed by atoms with E-state index < -0.39 is 16.0 Å². The number of rotatable bonds is 8. The second-order valence-electron chi connectivity index (χ2n) is 6.12. The molecule has 28 heavy (non-hydrogen) atoms. The van der Waals surface area contributed by atoms with E-state index in [0.717, 1.165) is 5.56 Å². The number of sulfonamides is 1. The van der Waals surface area contributed by atoms with Gasteiger partial charge in [0, 0.05) is 18.7 Å². The second kappa shape index (κ2) is 9.41. The van der Waals surface area contributed by atoms with E-state index in [1.54, 1.807) is 19.9 Å². The highest BCUT2D eigenvalue weighted by Gasteiger charge is 2.24. The zero-order chi connectivity index (χ0) is 20.9. The molecular weight excluding hydrogens is 402 g/mol. The molecule has 0 N–H and O–H groups in total. The molecule has 0 unspecified atom stereocenters. The Bertz CT molecular complexity index is 955. The molecule has 0 fully saturated rings. The topological polar surface area (TPSA) is 72.9 Å². The molecule has 0 atom stereocenters. The maximum Gasteiger partial charge on any atom is 0.340 e. The Morgan fingerprint density at radius 2 is 1.79 bits per heavy atom. The Morgan fingerprint density at radius 1 is 1.11 bits per heavy atom. The van der Waals surface area contributed by atoms with E-state index in [1.807, 2.05) is 19.1 Å². The molecule has 6 nitrogen and oxygen atoms in total. The van der Waals surface area contributed by atoms with Crippen molar-refractivity contribution in [3.05, 3.63) is 58.1 Å². The number of hydrogen-bond donors (Lipinski definition) is 0. The molecule has 0 bridgehead atoms. The molecule has 0 aliphatic carbocycles. The van der Waals surface area contributed by atoms with E-state index in [9.17, 15) is 13.2 Å². The van der Waals surface area contributed by atoms with Crippen molar-refractivity contribution in [3.8, 4) is 5.75 Å². The summed E-state index contributed by atoms with van der Waals surface area (Å²) in [5, 5.41) is 0.125.